The minimum absolute atomic E-state index is 0.243. The van der Waals surface area contributed by atoms with E-state index in [9.17, 15) is 0 Å². The Kier molecular flexibility index (Phi) is 3.93. The van der Waals surface area contributed by atoms with Crippen LogP contribution in [0, 0.1) is 6.92 Å². The van der Waals surface area contributed by atoms with Crippen molar-refractivity contribution in [2.75, 3.05) is 18.0 Å². The van der Waals surface area contributed by atoms with Crippen LogP contribution in [0.4, 0.5) is 5.69 Å². The van der Waals surface area contributed by atoms with Crippen molar-refractivity contribution in [2.45, 2.75) is 46.1 Å². The summed E-state index contributed by atoms with van der Waals surface area (Å²) in [5.74, 6) is 0.992. The fourth-order valence-corrected chi connectivity index (χ4v) is 2.41. The van der Waals surface area contributed by atoms with E-state index < -0.39 is 0 Å². The molecule has 1 fully saturated rings. The summed E-state index contributed by atoms with van der Waals surface area (Å²) in [7, 11) is 0. The lowest BCUT2D eigenvalue weighted by Gasteiger charge is -2.30. The molecule has 0 atom stereocenters. The zero-order valence-electron chi connectivity index (χ0n) is 11.2. The Labute approximate surface area is 105 Å². The summed E-state index contributed by atoms with van der Waals surface area (Å²) >= 11 is 0. The van der Waals surface area contributed by atoms with E-state index in [1.807, 2.05) is 0 Å². The van der Waals surface area contributed by atoms with E-state index in [2.05, 4.69) is 43.9 Å². The van der Waals surface area contributed by atoms with Gasteiger partial charge in [0, 0.05) is 24.8 Å². The molecule has 0 radical (unpaired) electrons. The topological polar surface area (TPSA) is 12.5 Å². The van der Waals surface area contributed by atoms with E-state index >= 15 is 0 Å². The summed E-state index contributed by atoms with van der Waals surface area (Å²) in [6, 6.07) is 6.44. The highest BCUT2D eigenvalue weighted by atomic mass is 16.5. The number of nitrogens with zero attached hydrogens (tertiary/aromatic N) is 1. The third-order valence-electron chi connectivity index (χ3n) is 3.25. The molecule has 2 rings (SSSR count). The van der Waals surface area contributed by atoms with Gasteiger partial charge in [-0.2, -0.15) is 0 Å². The fourth-order valence-electron chi connectivity index (χ4n) is 2.41. The first-order valence-electron chi connectivity index (χ1n) is 6.69. The molecule has 2 nitrogen and oxygen atoms in total. The lowest BCUT2D eigenvalue weighted by molar-refractivity contribution is 0.242. The highest BCUT2D eigenvalue weighted by Crippen LogP contribution is 2.28. The molecule has 1 aromatic rings. The van der Waals surface area contributed by atoms with E-state index in [1.54, 1.807) is 0 Å². The summed E-state index contributed by atoms with van der Waals surface area (Å²) in [5.41, 5.74) is 2.70. The second kappa shape index (κ2) is 5.44. The van der Waals surface area contributed by atoms with Gasteiger partial charge in [-0.15, -0.1) is 0 Å². The molecule has 1 aliphatic rings. The molecular weight excluding hydrogens is 210 g/mol. The van der Waals surface area contributed by atoms with Crippen molar-refractivity contribution >= 4 is 5.69 Å². The van der Waals surface area contributed by atoms with Gasteiger partial charge in [-0.1, -0.05) is 6.07 Å². The maximum Gasteiger partial charge on any atom is 0.121 e. The van der Waals surface area contributed by atoms with Crippen molar-refractivity contribution in [3.8, 4) is 5.75 Å². The average molecular weight is 233 g/mol. The SMILES string of the molecule is Cc1ccc(OC(C)C)cc1N1CCCCC1. The molecule has 0 bridgehead atoms. The van der Waals surface area contributed by atoms with Gasteiger partial charge in [-0.25, -0.2) is 0 Å². The molecule has 0 saturated carbocycles. The van der Waals surface area contributed by atoms with Gasteiger partial charge in [-0.05, 0) is 51.7 Å². The van der Waals surface area contributed by atoms with Crippen molar-refractivity contribution < 1.29 is 4.74 Å². The summed E-state index contributed by atoms with van der Waals surface area (Å²) in [6.45, 7) is 8.70. The predicted octanol–water partition coefficient (Wildman–Crippen LogP) is 3.77. The van der Waals surface area contributed by atoms with Gasteiger partial charge in [-0.3, -0.25) is 0 Å². The molecule has 2 heteroatoms. The van der Waals surface area contributed by atoms with Gasteiger partial charge in [0.05, 0.1) is 6.10 Å². The molecular formula is C15H23NO. The number of rotatable bonds is 3. The zero-order valence-corrected chi connectivity index (χ0v) is 11.2. The molecule has 1 aliphatic heterocycles. The van der Waals surface area contributed by atoms with Crippen LogP contribution < -0.4 is 9.64 Å². The first-order valence-corrected chi connectivity index (χ1v) is 6.69. The van der Waals surface area contributed by atoms with Crippen molar-refractivity contribution in [3.63, 3.8) is 0 Å². The average Bonchev–Trinajstić information content (AvgIpc) is 2.32. The van der Waals surface area contributed by atoms with Crippen LogP contribution in [0.15, 0.2) is 18.2 Å². The number of hydrogen-bond donors (Lipinski definition) is 0. The maximum absolute atomic E-state index is 5.77. The Morgan fingerprint density at radius 1 is 1.12 bits per heavy atom. The number of aryl methyl sites for hydroxylation is 1. The largest absolute Gasteiger partial charge is 0.491 e. The van der Waals surface area contributed by atoms with E-state index in [-0.39, 0.29) is 6.10 Å². The molecule has 17 heavy (non-hydrogen) atoms. The second-order valence-corrected chi connectivity index (χ2v) is 5.16. The zero-order chi connectivity index (χ0) is 12.3. The van der Waals surface area contributed by atoms with Gasteiger partial charge < -0.3 is 9.64 Å². The molecule has 0 aromatic heterocycles. The molecule has 1 saturated heterocycles. The van der Waals surface area contributed by atoms with Gasteiger partial charge in [0.1, 0.15) is 5.75 Å². The van der Waals surface area contributed by atoms with E-state index in [1.165, 1.54) is 43.6 Å². The molecule has 0 amide bonds. The lowest BCUT2D eigenvalue weighted by atomic mass is 10.1. The van der Waals surface area contributed by atoms with Crippen LogP contribution in [0.1, 0.15) is 38.7 Å². The Morgan fingerprint density at radius 2 is 1.82 bits per heavy atom. The van der Waals surface area contributed by atoms with Crippen molar-refractivity contribution in [1.82, 2.24) is 0 Å². The van der Waals surface area contributed by atoms with Gasteiger partial charge >= 0.3 is 0 Å². The van der Waals surface area contributed by atoms with Crippen molar-refractivity contribution in [2.24, 2.45) is 0 Å². The number of piperidine rings is 1. The number of benzene rings is 1. The van der Waals surface area contributed by atoms with Crippen molar-refractivity contribution in [1.29, 1.82) is 0 Å². The minimum Gasteiger partial charge on any atom is -0.491 e. The van der Waals surface area contributed by atoms with Crippen LogP contribution in [0.25, 0.3) is 0 Å². The van der Waals surface area contributed by atoms with E-state index in [4.69, 9.17) is 4.74 Å². The number of anilines is 1. The summed E-state index contributed by atoms with van der Waals surface area (Å²) < 4.78 is 5.77. The Morgan fingerprint density at radius 3 is 2.47 bits per heavy atom. The third-order valence-corrected chi connectivity index (χ3v) is 3.25. The van der Waals surface area contributed by atoms with Crippen LogP contribution in [0.5, 0.6) is 5.75 Å². The smallest absolute Gasteiger partial charge is 0.121 e. The quantitative estimate of drug-likeness (QED) is 0.788. The van der Waals surface area contributed by atoms with E-state index in [0.717, 1.165) is 5.75 Å². The lowest BCUT2D eigenvalue weighted by Crippen LogP contribution is -2.30. The Hall–Kier alpha value is -1.18. The van der Waals surface area contributed by atoms with Gasteiger partial charge in [0.25, 0.3) is 0 Å². The number of ether oxygens (including phenoxy) is 1. The molecule has 94 valence electrons. The molecule has 1 heterocycles. The summed E-state index contributed by atoms with van der Waals surface area (Å²) in [6.07, 6.45) is 4.24. The monoisotopic (exact) mass is 233 g/mol. The van der Waals surface area contributed by atoms with Gasteiger partial charge in [0.15, 0.2) is 0 Å². The second-order valence-electron chi connectivity index (χ2n) is 5.16. The van der Waals surface area contributed by atoms with Crippen LogP contribution in [0.2, 0.25) is 0 Å². The minimum atomic E-state index is 0.243. The van der Waals surface area contributed by atoms with Crippen LogP contribution >= 0.6 is 0 Å². The fraction of sp³-hybridized carbons (Fsp3) is 0.600. The standard InChI is InChI=1S/C15H23NO/c1-12(2)17-14-8-7-13(3)15(11-14)16-9-5-4-6-10-16/h7-8,11-12H,4-6,9-10H2,1-3H3. The summed E-state index contributed by atoms with van der Waals surface area (Å²) in [5, 5.41) is 0. The molecule has 0 spiro atoms. The highest BCUT2D eigenvalue weighted by molar-refractivity contribution is 5.57. The molecule has 0 N–H and O–H groups in total. The van der Waals surface area contributed by atoms with Gasteiger partial charge in [0.2, 0.25) is 0 Å². The third kappa shape index (κ3) is 3.15. The first kappa shape index (κ1) is 12.3. The molecule has 0 unspecified atom stereocenters. The number of hydrogen-bond acceptors (Lipinski definition) is 2. The predicted molar refractivity (Wildman–Crippen MR) is 73.0 cm³/mol. The van der Waals surface area contributed by atoms with Crippen molar-refractivity contribution in [3.05, 3.63) is 23.8 Å². The first-order chi connectivity index (χ1) is 8.16. The maximum atomic E-state index is 5.77. The van der Waals surface area contributed by atoms with Crippen LogP contribution in [-0.2, 0) is 0 Å². The normalized spacial score (nSPS) is 16.4. The molecule has 1 aromatic carbocycles. The Bertz CT molecular complexity index is 367. The van der Waals surface area contributed by atoms with E-state index in [0.29, 0.717) is 0 Å². The van der Waals surface area contributed by atoms with Crippen LogP contribution in [0.3, 0.4) is 0 Å². The van der Waals surface area contributed by atoms with Crippen LogP contribution in [-0.4, -0.2) is 19.2 Å². The molecule has 0 aliphatic carbocycles. The summed E-state index contributed by atoms with van der Waals surface area (Å²) in [4.78, 5) is 2.49. The Balaban J connectivity index is 2.19. The highest BCUT2D eigenvalue weighted by Gasteiger charge is 2.13.